The molecule has 1 saturated heterocycles. The van der Waals surface area contributed by atoms with Crippen molar-refractivity contribution in [2.75, 3.05) is 6.61 Å². The van der Waals surface area contributed by atoms with Crippen LogP contribution in [0, 0.1) is 0 Å². The van der Waals surface area contributed by atoms with Crippen LogP contribution in [-0.2, 0) is 19.1 Å². The van der Waals surface area contributed by atoms with Crippen LogP contribution in [0.1, 0.15) is 6.42 Å². The Kier molecular flexibility index (Phi) is 2.74. The summed E-state index contributed by atoms with van der Waals surface area (Å²) >= 11 is 0. The van der Waals surface area contributed by atoms with Gasteiger partial charge in [-0.05, 0) is 0 Å². The first-order chi connectivity index (χ1) is 6.06. The number of esters is 1. The average molecular weight is 188 g/mol. The maximum Gasteiger partial charge on any atom is 0.343 e. The number of hydrogen-bond acceptors (Lipinski definition) is 6. The topological polar surface area (TPSA) is 101 Å². The van der Waals surface area contributed by atoms with Gasteiger partial charge in [0, 0.05) is 0 Å². The minimum atomic E-state index is -1.78. The molecule has 0 amide bonds. The number of aliphatic hydroxyl groups is 2. The number of aliphatic hydroxyl groups excluding tert-OH is 2. The van der Waals surface area contributed by atoms with Gasteiger partial charge in [-0.1, -0.05) is 0 Å². The Morgan fingerprint density at radius 3 is 2.46 bits per heavy atom. The van der Waals surface area contributed by atoms with Crippen molar-refractivity contribution in [2.45, 2.75) is 18.6 Å². The minimum absolute atomic E-state index is 0.377. The number of ketones is 2. The van der Waals surface area contributed by atoms with Crippen LogP contribution < -0.4 is 0 Å². The molecule has 2 atom stereocenters. The monoisotopic (exact) mass is 188 g/mol. The summed E-state index contributed by atoms with van der Waals surface area (Å²) < 4.78 is 4.39. The fraction of sp³-hybridized carbons (Fsp3) is 0.571. The molecular formula is C7H8O6. The van der Waals surface area contributed by atoms with Gasteiger partial charge in [0.25, 0.3) is 0 Å². The number of carbonyl (C=O) groups excluding carboxylic acids is 3. The maximum absolute atomic E-state index is 10.9. The molecule has 1 heterocycles. The first kappa shape index (κ1) is 9.82. The van der Waals surface area contributed by atoms with Gasteiger partial charge < -0.3 is 14.9 Å². The van der Waals surface area contributed by atoms with Gasteiger partial charge in [-0.25, -0.2) is 4.79 Å². The zero-order valence-electron chi connectivity index (χ0n) is 6.60. The second-order valence-corrected chi connectivity index (χ2v) is 2.63. The Bertz CT molecular complexity index is 258. The number of ether oxygens (including phenoxy) is 1. The molecule has 1 fully saturated rings. The fourth-order valence-electron chi connectivity index (χ4n) is 0.969. The lowest BCUT2D eigenvalue weighted by atomic mass is 10.1. The Labute approximate surface area is 73.1 Å². The van der Waals surface area contributed by atoms with Gasteiger partial charge in [-0.3, -0.25) is 9.59 Å². The molecule has 2 unspecified atom stereocenters. The maximum atomic E-state index is 10.9. The Balaban J connectivity index is 2.59. The standard InChI is InChI=1S/C7H8O6/c8-2-3(9)1-4-5(10)6(11)7(12)13-4/h4,6,8,11H,1-2H2. The van der Waals surface area contributed by atoms with Crippen molar-refractivity contribution in [3.8, 4) is 0 Å². The Morgan fingerprint density at radius 2 is 2.08 bits per heavy atom. The van der Waals surface area contributed by atoms with Gasteiger partial charge >= 0.3 is 5.97 Å². The highest BCUT2D eigenvalue weighted by atomic mass is 16.6. The number of rotatable bonds is 3. The van der Waals surface area contributed by atoms with E-state index in [9.17, 15) is 14.4 Å². The lowest BCUT2D eigenvalue weighted by Gasteiger charge is -2.03. The molecule has 0 aliphatic carbocycles. The predicted octanol–water partition coefficient (Wildman–Crippen LogP) is -2.21. The molecule has 0 saturated carbocycles. The molecule has 1 rings (SSSR count). The van der Waals surface area contributed by atoms with E-state index in [0.717, 1.165) is 0 Å². The van der Waals surface area contributed by atoms with E-state index in [0.29, 0.717) is 0 Å². The molecule has 1 aliphatic heterocycles. The third kappa shape index (κ3) is 1.90. The normalized spacial score (nSPS) is 27.5. The number of carbonyl (C=O) groups is 3. The summed E-state index contributed by atoms with van der Waals surface area (Å²) in [6.45, 7) is -0.711. The summed E-state index contributed by atoms with van der Waals surface area (Å²) in [5.74, 6) is -2.48. The molecule has 1 aliphatic rings. The summed E-state index contributed by atoms with van der Waals surface area (Å²) in [5.41, 5.74) is 0. The molecule has 0 bridgehead atoms. The summed E-state index contributed by atoms with van der Waals surface area (Å²) in [6.07, 6.45) is -3.39. The summed E-state index contributed by atoms with van der Waals surface area (Å²) in [7, 11) is 0. The van der Waals surface area contributed by atoms with Crippen molar-refractivity contribution >= 4 is 17.5 Å². The number of cyclic esters (lactones) is 1. The average Bonchev–Trinajstić information content (AvgIpc) is 2.34. The van der Waals surface area contributed by atoms with Crippen molar-refractivity contribution in [1.82, 2.24) is 0 Å². The molecule has 6 nitrogen and oxygen atoms in total. The lowest BCUT2D eigenvalue weighted by Crippen LogP contribution is -2.27. The molecule has 6 heteroatoms. The number of hydrogen-bond donors (Lipinski definition) is 2. The highest BCUT2D eigenvalue weighted by molar-refractivity contribution is 6.10. The van der Waals surface area contributed by atoms with Crippen LogP contribution in [0.3, 0.4) is 0 Å². The molecule has 0 aromatic heterocycles. The van der Waals surface area contributed by atoms with Crippen LogP contribution in [-0.4, -0.2) is 46.6 Å². The molecule has 0 aromatic carbocycles. The zero-order valence-corrected chi connectivity index (χ0v) is 6.60. The Hall–Kier alpha value is -1.27. The molecule has 72 valence electrons. The smallest absolute Gasteiger partial charge is 0.343 e. The van der Waals surface area contributed by atoms with Crippen molar-refractivity contribution < 1.29 is 29.3 Å². The highest BCUT2D eigenvalue weighted by Gasteiger charge is 2.42. The van der Waals surface area contributed by atoms with Gasteiger partial charge in [0.1, 0.15) is 6.61 Å². The van der Waals surface area contributed by atoms with E-state index in [1.807, 2.05) is 0 Å². The van der Waals surface area contributed by atoms with Crippen molar-refractivity contribution in [1.29, 1.82) is 0 Å². The van der Waals surface area contributed by atoms with Crippen LogP contribution in [0.5, 0.6) is 0 Å². The van der Waals surface area contributed by atoms with Gasteiger partial charge in [0.2, 0.25) is 11.9 Å². The second-order valence-electron chi connectivity index (χ2n) is 2.63. The van der Waals surface area contributed by atoms with Crippen LogP contribution >= 0.6 is 0 Å². The zero-order chi connectivity index (χ0) is 10.0. The molecule has 0 spiro atoms. The van der Waals surface area contributed by atoms with E-state index in [2.05, 4.69) is 4.74 Å². The first-order valence-electron chi connectivity index (χ1n) is 3.61. The third-order valence-electron chi connectivity index (χ3n) is 1.66. The van der Waals surface area contributed by atoms with E-state index >= 15 is 0 Å². The number of Topliss-reactive ketones (excluding diaryl/α,β-unsaturated/α-hetero) is 2. The van der Waals surface area contributed by atoms with E-state index < -0.39 is 36.4 Å². The molecule has 13 heavy (non-hydrogen) atoms. The largest absolute Gasteiger partial charge is 0.451 e. The van der Waals surface area contributed by atoms with Gasteiger partial charge in [-0.15, -0.1) is 0 Å². The fourth-order valence-corrected chi connectivity index (χ4v) is 0.969. The summed E-state index contributed by atoms with van der Waals surface area (Å²) in [4.78, 5) is 32.2. The summed E-state index contributed by atoms with van der Waals surface area (Å²) in [5, 5.41) is 17.2. The van der Waals surface area contributed by atoms with Crippen LogP contribution in [0.25, 0.3) is 0 Å². The third-order valence-corrected chi connectivity index (χ3v) is 1.66. The summed E-state index contributed by atoms with van der Waals surface area (Å²) in [6, 6.07) is 0. The molecule has 0 radical (unpaired) electrons. The lowest BCUT2D eigenvalue weighted by molar-refractivity contribution is -0.148. The van der Waals surface area contributed by atoms with Crippen LogP contribution in [0.4, 0.5) is 0 Å². The van der Waals surface area contributed by atoms with Crippen LogP contribution in [0.15, 0.2) is 0 Å². The quantitative estimate of drug-likeness (QED) is 0.385. The van der Waals surface area contributed by atoms with E-state index in [1.165, 1.54) is 0 Å². The van der Waals surface area contributed by atoms with Gasteiger partial charge in [-0.2, -0.15) is 0 Å². The highest BCUT2D eigenvalue weighted by Crippen LogP contribution is 2.14. The van der Waals surface area contributed by atoms with Crippen molar-refractivity contribution in [2.24, 2.45) is 0 Å². The molecule has 2 N–H and O–H groups in total. The molecule has 0 aromatic rings. The van der Waals surface area contributed by atoms with Crippen molar-refractivity contribution in [3.63, 3.8) is 0 Å². The van der Waals surface area contributed by atoms with Gasteiger partial charge in [0.05, 0.1) is 6.42 Å². The Morgan fingerprint density at radius 1 is 1.46 bits per heavy atom. The SMILES string of the molecule is O=C(CO)CC1OC(=O)C(O)C1=O. The van der Waals surface area contributed by atoms with Crippen LogP contribution in [0.2, 0.25) is 0 Å². The van der Waals surface area contributed by atoms with E-state index in [-0.39, 0.29) is 6.42 Å². The minimum Gasteiger partial charge on any atom is -0.451 e. The first-order valence-corrected chi connectivity index (χ1v) is 3.61. The predicted molar refractivity (Wildman–Crippen MR) is 37.6 cm³/mol. The van der Waals surface area contributed by atoms with Crippen molar-refractivity contribution in [3.05, 3.63) is 0 Å². The van der Waals surface area contributed by atoms with E-state index in [1.54, 1.807) is 0 Å². The van der Waals surface area contributed by atoms with Gasteiger partial charge in [0.15, 0.2) is 11.9 Å². The van der Waals surface area contributed by atoms with E-state index in [4.69, 9.17) is 10.2 Å². The second kappa shape index (κ2) is 3.63. The molecular weight excluding hydrogens is 180 g/mol.